The normalized spacial score (nSPS) is 11.9. The standard InChI is InChI=1S/C14H20N2O3/c1-3-4-5-12(14(18)19)16-13(17)8-11-7-6-10(2)15-9-11/h6-7,9,12H,3-5,8H2,1-2H3,(H,16,17)(H,18,19). The summed E-state index contributed by atoms with van der Waals surface area (Å²) in [7, 11) is 0. The highest BCUT2D eigenvalue weighted by atomic mass is 16.4. The van der Waals surface area contributed by atoms with Crippen molar-refractivity contribution < 1.29 is 14.7 Å². The number of nitrogens with one attached hydrogen (secondary N) is 1. The van der Waals surface area contributed by atoms with Gasteiger partial charge in [0, 0.05) is 11.9 Å². The molecule has 1 aromatic rings. The summed E-state index contributed by atoms with van der Waals surface area (Å²) in [4.78, 5) is 26.9. The smallest absolute Gasteiger partial charge is 0.326 e. The van der Waals surface area contributed by atoms with Crippen LogP contribution in [0, 0.1) is 6.92 Å². The number of unbranched alkanes of at least 4 members (excludes halogenated alkanes) is 1. The van der Waals surface area contributed by atoms with Gasteiger partial charge < -0.3 is 10.4 Å². The first-order chi connectivity index (χ1) is 9.02. The lowest BCUT2D eigenvalue weighted by Crippen LogP contribution is -2.41. The molecule has 2 N–H and O–H groups in total. The van der Waals surface area contributed by atoms with Gasteiger partial charge in [0.25, 0.3) is 0 Å². The van der Waals surface area contributed by atoms with Crippen LogP contribution in [0.4, 0.5) is 0 Å². The van der Waals surface area contributed by atoms with E-state index in [1.807, 2.05) is 26.0 Å². The molecule has 1 rings (SSSR count). The molecule has 0 aromatic carbocycles. The van der Waals surface area contributed by atoms with Crippen molar-refractivity contribution in [2.45, 2.75) is 45.6 Å². The van der Waals surface area contributed by atoms with Crippen LogP contribution in [-0.4, -0.2) is 28.0 Å². The summed E-state index contributed by atoms with van der Waals surface area (Å²) in [5.74, 6) is -1.27. The highest BCUT2D eigenvalue weighted by Crippen LogP contribution is 2.03. The zero-order chi connectivity index (χ0) is 14.3. The van der Waals surface area contributed by atoms with Gasteiger partial charge in [-0.05, 0) is 25.0 Å². The second kappa shape index (κ2) is 7.51. The molecule has 1 heterocycles. The maximum Gasteiger partial charge on any atom is 0.326 e. The molecule has 0 saturated heterocycles. The lowest BCUT2D eigenvalue weighted by atomic mass is 10.1. The Labute approximate surface area is 113 Å². The van der Waals surface area contributed by atoms with Crippen molar-refractivity contribution >= 4 is 11.9 Å². The molecule has 0 fully saturated rings. The van der Waals surface area contributed by atoms with Gasteiger partial charge in [0.1, 0.15) is 6.04 Å². The number of rotatable bonds is 7. The molecule has 0 radical (unpaired) electrons. The van der Waals surface area contributed by atoms with Gasteiger partial charge in [-0.15, -0.1) is 0 Å². The van der Waals surface area contributed by atoms with Crippen molar-refractivity contribution in [2.75, 3.05) is 0 Å². The SMILES string of the molecule is CCCCC(NC(=O)Cc1ccc(C)nc1)C(=O)O. The number of carboxylic acid groups (broad SMARTS) is 1. The van der Waals surface area contributed by atoms with Crippen molar-refractivity contribution in [3.63, 3.8) is 0 Å². The first-order valence-electron chi connectivity index (χ1n) is 6.46. The predicted octanol–water partition coefficient (Wildman–Crippen LogP) is 1.69. The summed E-state index contributed by atoms with van der Waals surface area (Å²) in [5, 5.41) is 11.6. The van der Waals surface area contributed by atoms with E-state index < -0.39 is 12.0 Å². The topological polar surface area (TPSA) is 79.3 Å². The van der Waals surface area contributed by atoms with E-state index in [4.69, 9.17) is 5.11 Å². The molecule has 1 aromatic heterocycles. The fraction of sp³-hybridized carbons (Fsp3) is 0.500. The van der Waals surface area contributed by atoms with Crippen LogP contribution in [0.2, 0.25) is 0 Å². The van der Waals surface area contributed by atoms with Gasteiger partial charge in [0.15, 0.2) is 0 Å². The second-order valence-electron chi connectivity index (χ2n) is 4.59. The molecule has 0 aliphatic rings. The summed E-state index contributed by atoms with van der Waals surface area (Å²) >= 11 is 0. The fourth-order valence-corrected chi connectivity index (χ4v) is 1.70. The van der Waals surface area contributed by atoms with E-state index >= 15 is 0 Å². The van der Waals surface area contributed by atoms with Gasteiger partial charge in [0.05, 0.1) is 6.42 Å². The van der Waals surface area contributed by atoms with E-state index in [0.29, 0.717) is 6.42 Å². The molecular weight excluding hydrogens is 244 g/mol. The molecule has 0 spiro atoms. The Morgan fingerprint density at radius 2 is 2.16 bits per heavy atom. The summed E-state index contributed by atoms with van der Waals surface area (Å²) in [6.07, 6.45) is 3.94. The third kappa shape index (κ3) is 5.50. The van der Waals surface area contributed by atoms with Crippen molar-refractivity contribution in [2.24, 2.45) is 0 Å². The average molecular weight is 264 g/mol. The van der Waals surface area contributed by atoms with Crippen LogP contribution in [0.5, 0.6) is 0 Å². The number of carbonyl (C=O) groups excluding carboxylic acids is 1. The molecule has 0 aliphatic heterocycles. The van der Waals surface area contributed by atoms with Crippen LogP contribution in [0.25, 0.3) is 0 Å². The van der Waals surface area contributed by atoms with E-state index in [1.165, 1.54) is 0 Å². The Hall–Kier alpha value is -1.91. The Bertz CT molecular complexity index is 429. The van der Waals surface area contributed by atoms with Gasteiger partial charge in [-0.1, -0.05) is 25.8 Å². The number of carboxylic acids is 1. The van der Waals surface area contributed by atoms with Gasteiger partial charge in [-0.3, -0.25) is 9.78 Å². The molecule has 0 saturated carbocycles. The highest BCUT2D eigenvalue weighted by Gasteiger charge is 2.19. The van der Waals surface area contributed by atoms with Crippen molar-refractivity contribution in [1.29, 1.82) is 0 Å². The van der Waals surface area contributed by atoms with Gasteiger partial charge in [-0.2, -0.15) is 0 Å². The number of hydrogen-bond donors (Lipinski definition) is 2. The zero-order valence-corrected chi connectivity index (χ0v) is 11.3. The summed E-state index contributed by atoms with van der Waals surface area (Å²) in [5.41, 5.74) is 1.67. The fourth-order valence-electron chi connectivity index (χ4n) is 1.70. The van der Waals surface area contributed by atoms with Crippen LogP contribution < -0.4 is 5.32 Å². The number of aryl methyl sites for hydroxylation is 1. The van der Waals surface area contributed by atoms with Crippen LogP contribution in [-0.2, 0) is 16.0 Å². The highest BCUT2D eigenvalue weighted by molar-refractivity contribution is 5.84. The number of aliphatic carboxylic acids is 1. The molecule has 1 amide bonds. The lowest BCUT2D eigenvalue weighted by Gasteiger charge is -2.14. The summed E-state index contributed by atoms with van der Waals surface area (Å²) < 4.78 is 0. The van der Waals surface area contributed by atoms with Gasteiger partial charge in [0.2, 0.25) is 5.91 Å². The van der Waals surface area contributed by atoms with Crippen LogP contribution >= 0.6 is 0 Å². The van der Waals surface area contributed by atoms with Crippen LogP contribution in [0.15, 0.2) is 18.3 Å². The number of aromatic nitrogens is 1. The minimum Gasteiger partial charge on any atom is -0.480 e. The van der Waals surface area contributed by atoms with E-state index in [1.54, 1.807) is 6.20 Å². The average Bonchev–Trinajstić information content (AvgIpc) is 2.37. The van der Waals surface area contributed by atoms with Crippen molar-refractivity contribution in [3.05, 3.63) is 29.6 Å². The molecule has 104 valence electrons. The number of carbonyl (C=O) groups is 2. The first-order valence-corrected chi connectivity index (χ1v) is 6.46. The number of hydrogen-bond acceptors (Lipinski definition) is 3. The maximum absolute atomic E-state index is 11.8. The molecular formula is C14H20N2O3. The van der Waals surface area contributed by atoms with Crippen molar-refractivity contribution in [1.82, 2.24) is 10.3 Å². The third-order valence-corrected chi connectivity index (χ3v) is 2.82. The molecule has 1 unspecified atom stereocenters. The summed E-state index contributed by atoms with van der Waals surface area (Å²) in [6, 6.07) is 2.85. The van der Waals surface area contributed by atoms with E-state index in [0.717, 1.165) is 24.1 Å². The second-order valence-corrected chi connectivity index (χ2v) is 4.59. The zero-order valence-electron chi connectivity index (χ0n) is 11.3. The Balaban J connectivity index is 2.52. The van der Waals surface area contributed by atoms with Crippen LogP contribution in [0.1, 0.15) is 37.4 Å². The predicted molar refractivity (Wildman–Crippen MR) is 71.8 cm³/mol. The number of pyridine rings is 1. The minimum atomic E-state index is -0.983. The molecule has 0 bridgehead atoms. The van der Waals surface area contributed by atoms with E-state index in [9.17, 15) is 9.59 Å². The Morgan fingerprint density at radius 3 is 2.68 bits per heavy atom. The monoisotopic (exact) mass is 264 g/mol. The molecule has 0 aliphatic carbocycles. The van der Waals surface area contributed by atoms with E-state index in [2.05, 4.69) is 10.3 Å². The number of nitrogens with zero attached hydrogens (tertiary/aromatic N) is 1. The van der Waals surface area contributed by atoms with Crippen LogP contribution in [0.3, 0.4) is 0 Å². The summed E-state index contributed by atoms with van der Waals surface area (Å²) in [6.45, 7) is 3.85. The molecule has 5 heteroatoms. The van der Waals surface area contributed by atoms with Crippen molar-refractivity contribution in [3.8, 4) is 0 Å². The number of amides is 1. The lowest BCUT2D eigenvalue weighted by molar-refractivity contribution is -0.142. The molecule has 1 atom stereocenters. The largest absolute Gasteiger partial charge is 0.480 e. The minimum absolute atomic E-state index is 0.156. The Morgan fingerprint density at radius 1 is 1.42 bits per heavy atom. The van der Waals surface area contributed by atoms with Gasteiger partial charge in [-0.25, -0.2) is 4.79 Å². The first kappa shape index (κ1) is 15.1. The quantitative estimate of drug-likeness (QED) is 0.785. The maximum atomic E-state index is 11.8. The van der Waals surface area contributed by atoms with Gasteiger partial charge >= 0.3 is 5.97 Å². The van der Waals surface area contributed by atoms with E-state index in [-0.39, 0.29) is 12.3 Å². The third-order valence-electron chi connectivity index (χ3n) is 2.82. The molecule has 19 heavy (non-hydrogen) atoms. The Kier molecular flexibility index (Phi) is 5.99. The molecule has 5 nitrogen and oxygen atoms in total.